The minimum atomic E-state index is -0.354. The van der Waals surface area contributed by atoms with E-state index in [0.717, 1.165) is 11.8 Å². The summed E-state index contributed by atoms with van der Waals surface area (Å²) in [6, 6.07) is 5.36. The van der Waals surface area contributed by atoms with Crippen molar-refractivity contribution in [2.45, 2.75) is 34.6 Å². The number of rotatable bonds is 8. The lowest BCUT2D eigenvalue weighted by Gasteiger charge is -2.11. The second kappa shape index (κ2) is 8.94. The lowest BCUT2D eigenvalue weighted by Crippen LogP contribution is -2.09. The summed E-state index contributed by atoms with van der Waals surface area (Å²) in [5.41, 5.74) is 1.88. The molecule has 1 heterocycles. The second-order valence-corrected chi connectivity index (χ2v) is 8.00. The number of aldehydes is 1. The molecule has 6 heteroatoms. The van der Waals surface area contributed by atoms with E-state index in [1.165, 1.54) is 11.3 Å². The van der Waals surface area contributed by atoms with Gasteiger partial charge in [0.2, 0.25) is 0 Å². The van der Waals surface area contributed by atoms with Gasteiger partial charge in [0.25, 0.3) is 0 Å². The lowest BCUT2D eigenvalue weighted by atomic mass is 10.1. The third-order valence-corrected chi connectivity index (χ3v) is 4.67. The molecule has 5 nitrogen and oxygen atoms in total. The maximum absolute atomic E-state index is 12.2. The smallest absolute Gasteiger partial charge is 0.350 e. The fourth-order valence-corrected chi connectivity index (χ4v) is 3.14. The van der Waals surface area contributed by atoms with E-state index in [9.17, 15) is 9.59 Å². The monoisotopic (exact) mass is 375 g/mol. The molecule has 0 saturated heterocycles. The predicted molar refractivity (Wildman–Crippen MR) is 103 cm³/mol. The van der Waals surface area contributed by atoms with E-state index in [4.69, 9.17) is 9.47 Å². The summed E-state index contributed by atoms with van der Waals surface area (Å²) in [6.45, 7) is 10.8. The van der Waals surface area contributed by atoms with Gasteiger partial charge >= 0.3 is 5.97 Å². The molecule has 0 aliphatic heterocycles. The van der Waals surface area contributed by atoms with Gasteiger partial charge in [-0.1, -0.05) is 27.7 Å². The lowest BCUT2D eigenvalue weighted by molar-refractivity contribution is 0.0463. The second-order valence-electron chi connectivity index (χ2n) is 7.00. The van der Waals surface area contributed by atoms with Crippen LogP contribution in [-0.2, 0) is 4.74 Å². The molecule has 0 amide bonds. The molecule has 0 aliphatic carbocycles. The highest BCUT2D eigenvalue weighted by Crippen LogP contribution is 2.31. The molecule has 0 aliphatic rings. The first-order valence-electron chi connectivity index (χ1n) is 8.68. The van der Waals surface area contributed by atoms with Crippen LogP contribution in [0.15, 0.2) is 18.2 Å². The van der Waals surface area contributed by atoms with Crippen molar-refractivity contribution >= 4 is 23.6 Å². The van der Waals surface area contributed by atoms with Crippen LogP contribution in [0.4, 0.5) is 0 Å². The van der Waals surface area contributed by atoms with Gasteiger partial charge in [-0.15, -0.1) is 11.3 Å². The van der Waals surface area contributed by atoms with Gasteiger partial charge in [-0.3, -0.25) is 4.79 Å². The Labute approximate surface area is 158 Å². The molecule has 1 aromatic heterocycles. The largest absolute Gasteiger partial charge is 0.493 e. The Morgan fingerprint density at radius 2 is 1.88 bits per heavy atom. The number of carbonyl (C=O) groups is 2. The maximum atomic E-state index is 12.2. The van der Waals surface area contributed by atoms with Crippen molar-refractivity contribution in [1.82, 2.24) is 4.98 Å². The molecule has 0 fully saturated rings. The topological polar surface area (TPSA) is 65.5 Å². The van der Waals surface area contributed by atoms with Crippen molar-refractivity contribution in [3.8, 4) is 16.3 Å². The number of nitrogens with zero attached hydrogens (tertiary/aromatic N) is 1. The molecule has 0 saturated carbocycles. The number of carbonyl (C=O) groups excluding carboxylic acids is 2. The summed E-state index contributed by atoms with van der Waals surface area (Å²) in [5.74, 6) is 0.852. The number of aryl methyl sites for hydroxylation is 1. The Morgan fingerprint density at radius 1 is 1.19 bits per heavy atom. The van der Waals surface area contributed by atoms with Gasteiger partial charge in [0.1, 0.15) is 15.6 Å². The van der Waals surface area contributed by atoms with Gasteiger partial charge in [-0.2, -0.15) is 0 Å². The maximum Gasteiger partial charge on any atom is 0.350 e. The molecule has 2 rings (SSSR count). The van der Waals surface area contributed by atoms with Crippen LogP contribution in [-0.4, -0.2) is 30.5 Å². The highest BCUT2D eigenvalue weighted by atomic mass is 32.1. The molecule has 26 heavy (non-hydrogen) atoms. The van der Waals surface area contributed by atoms with Crippen LogP contribution < -0.4 is 4.74 Å². The Bertz CT molecular complexity index is 780. The first-order valence-corrected chi connectivity index (χ1v) is 9.50. The number of benzene rings is 1. The van der Waals surface area contributed by atoms with Crippen molar-refractivity contribution < 1.29 is 19.1 Å². The summed E-state index contributed by atoms with van der Waals surface area (Å²) in [6.07, 6.45) is 0.775. The first kappa shape index (κ1) is 20.1. The van der Waals surface area contributed by atoms with Gasteiger partial charge < -0.3 is 9.47 Å². The predicted octanol–water partition coefficient (Wildman–Crippen LogP) is 4.78. The van der Waals surface area contributed by atoms with Gasteiger partial charge in [-0.25, -0.2) is 9.78 Å². The first-order chi connectivity index (χ1) is 12.3. The summed E-state index contributed by atoms with van der Waals surface area (Å²) < 4.78 is 11.0. The Kier molecular flexibility index (Phi) is 6.91. The van der Waals surface area contributed by atoms with E-state index in [2.05, 4.69) is 4.98 Å². The normalized spacial score (nSPS) is 11.0. The number of esters is 1. The van der Waals surface area contributed by atoms with E-state index in [1.54, 1.807) is 19.1 Å². The summed E-state index contributed by atoms with van der Waals surface area (Å²) in [4.78, 5) is 28.6. The highest BCUT2D eigenvalue weighted by Gasteiger charge is 2.18. The van der Waals surface area contributed by atoms with Crippen LogP contribution in [0, 0.1) is 18.8 Å². The van der Waals surface area contributed by atoms with E-state index >= 15 is 0 Å². The van der Waals surface area contributed by atoms with Crippen molar-refractivity contribution in [2.75, 3.05) is 13.2 Å². The third-order valence-electron chi connectivity index (χ3n) is 3.49. The average Bonchev–Trinajstić information content (AvgIpc) is 2.99. The van der Waals surface area contributed by atoms with Crippen molar-refractivity contribution in [3.05, 3.63) is 34.3 Å². The van der Waals surface area contributed by atoms with Crippen molar-refractivity contribution in [2.24, 2.45) is 11.8 Å². The van der Waals surface area contributed by atoms with Gasteiger partial charge in [-0.05, 0) is 37.0 Å². The molecular weight excluding hydrogens is 350 g/mol. The number of hydrogen-bond donors (Lipinski definition) is 0. The van der Waals surface area contributed by atoms with E-state index < -0.39 is 0 Å². The minimum absolute atomic E-state index is 0.278. The summed E-state index contributed by atoms with van der Waals surface area (Å²) in [7, 11) is 0. The fraction of sp³-hybridized carbons (Fsp3) is 0.450. The Balaban J connectivity index is 2.24. The fourth-order valence-electron chi connectivity index (χ4n) is 2.18. The van der Waals surface area contributed by atoms with E-state index in [0.29, 0.717) is 46.0 Å². The summed E-state index contributed by atoms with van der Waals surface area (Å²) >= 11 is 1.27. The van der Waals surface area contributed by atoms with Crippen LogP contribution in [0.2, 0.25) is 0 Å². The minimum Gasteiger partial charge on any atom is -0.493 e. The zero-order chi connectivity index (χ0) is 19.3. The highest BCUT2D eigenvalue weighted by molar-refractivity contribution is 7.17. The molecule has 0 spiro atoms. The van der Waals surface area contributed by atoms with Gasteiger partial charge in [0.15, 0.2) is 6.29 Å². The molecule has 0 bridgehead atoms. The molecule has 0 N–H and O–H groups in total. The van der Waals surface area contributed by atoms with Crippen LogP contribution in [0.25, 0.3) is 10.6 Å². The van der Waals surface area contributed by atoms with Crippen LogP contribution in [0.1, 0.15) is 53.4 Å². The zero-order valence-electron chi connectivity index (χ0n) is 15.9. The molecular formula is C20H25NO4S. The molecule has 140 valence electrons. The van der Waals surface area contributed by atoms with Crippen LogP contribution in [0.3, 0.4) is 0 Å². The number of aromatic nitrogens is 1. The standard InChI is InChI=1S/C20H25NO4S/c1-12(2)10-24-17-7-6-15(8-16(17)9-22)19-21-14(5)18(26-19)20(23)25-11-13(3)4/h6-9,12-13H,10-11H2,1-5H3. The molecule has 0 radical (unpaired) electrons. The van der Waals surface area contributed by atoms with Crippen molar-refractivity contribution in [1.29, 1.82) is 0 Å². The molecule has 0 unspecified atom stereocenters. The van der Waals surface area contributed by atoms with Gasteiger partial charge in [0.05, 0.1) is 24.5 Å². The molecule has 0 atom stereocenters. The number of thiazole rings is 1. The van der Waals surface area contributed by atoms with E-state index in [-0.39, 0.29) is 11.9 Å². The third kappa shape index (κ3) is 5.14. The average molecular weight is 375 g/mol. The zero-order valence-corrected chi connectivity index (χ0v) is 16.7. The quantitative estimate of drug-likeness (QED) is 0.491. The Morgan fingerprint density at radius 3 is 2.50 bits per heavy atom. The summed E-state index contributed by atoms with van der Waals surface area (Å²) in [5, 5.41) is 0.678. The molecule has 1 aromatic carbocycles. The number of hydrogen-bond acceptors (Lipinski definition) is 6. The SMILES string of the molecule is Cc1nc(-c2ccc(OCC(C)C)c(C=O)c2)sc1C(=O)OCC(C)C. The van der Waals surface area contributed by atoms with E-state index in [1.807, 2.05) is 33.8 Å². The Hall–Kier alpha value is -2.21. The van der Waals surface area contributed by atoms with Crippen LogP contribution in [0.5, 0.6) is 5.75 Å². The molecule has 2 aromatic rings. The van der Waals surface area contributed by atoms with Gasteiger partial charge in [0, 0.05) is 5.56 Å². The van der Waals surface area contributed by atoms with Crippen molar-refractivity contribution in [3.63, 3.8) is 0 Å². The number of ether oxygens (including phenoxy) is 2. The van der Waals surface area contributed by atoms with Crippen LogP contribution >= 0.6 is 11.3 Å².